The summed E-state index contributed by atoms with van der Waals surface area (Å²) in [5.41, 5.74) is 0.218. The largest absolute Gasteiger partial charge is 0.496 e. The van der Waals surface area contributed by atoms with E-state index in [9.17, 15) is 14.3 Å². The zero-order valence-corrected chi connectivity index (χ0v) is 11.3. The Bertz CT molecular complexity index is 480. The fraction of sp³-hybridized carbons (Fsp3) is 0.500. The molecule has 0 saturated carbocycles. The molecule has 20 heavy (non-hydrogen) atoms. The van der Waals surface area contributed by atoms with Gasteiger partial charge >= 0.3 is 0 Å². The van der Waals surface area contributed by atoms with Crippen molar-refractivity contribution in [3.63, 3.8) is 0 Å². The first kappa shape index (κ1) is 14.9. The van der Waals surface area contributed by atoms with E-state index in [1.54, 1.807) is 0 Å². The van der Waals surface area contributed by atoms with Crippen molar-refractivity contribution < 1.29 is 23.8 Å². The first-order chi connectivity index (χ1) is 9.65. The summed E-state index contributed by atoms with van der Waals surface area (Å²) in [6.07, 6.45) is 0. The maximum Gasteiger partial charge on any atom is 0.180 e. The van der Waals surface area contributed by atoms with E-state index in [-0.39, 0.29) is 30.5 Å². The van der Waals surface area contributed by atoms with Gasteiger partial charge in [0.1, 0.15) is 11.6 Å². The summed E-state index contributed by atoms with van der Waals surface area (Å²) in [6.45, 7) is 1.50. The molecule has 0 spiro atoms. The molecule has 1 N–H and O–H groups in total. The number of aliphatic hydroxyl groups excluding tert-OH is 1. The summed E-state index contributed by atoms with van der Waals surface area (Å²) in [5.74, 6) is -0.359. The van der Waals surface area contributed by atoms with E-state index >= 15 is 0 Å². The molecule has 0 bridgehead atoms. The fourth-order valence-corrected chi connectivity index (χ4v) is 2.23. The van der Waals surface area contributed by atoms with Crippen molar-refractivity contribution in [2.45, 2.75) is 6.04 Å². The Morgan fingerprint density at radius 3 is 3.10 bits per heavy atom. The lowest BCUT2D eigenvalue weighted by Crippen LogP contribution is -2.49. The van der Waals surface area contributed by atoms with Crippen LogP contribution in [-0.2, 0) is 4.74 Å². The van der Waals surface area contributed by atoms with E-state index in [0.717, 1.165) is 0 Å². The summed E-state index contributed by atoms with van der Waals surface area (Å²) in [6, 6.07) is 3.66. The van der Waals surface area contributed by atoms with Crippen LogP contribution in [0.5, 0.6) is 5.75 Å². The number of carbonyl (C=O) groups is 1. The summed E-state index contributed by atoms with van der Waals surface area (Å²) < 4.78 is 23.6. The molecule has 1 fully saturated rings. The number of ether oxygens (including phenoxy) is 2. The Balaban J connectivity index is 2.13. The van der Waals surface area contributed by atoms with Crippen molar-refractivity contribution in [2.75, 3.05) is 40.0 Å². The molecule has 6 heteroatoms. The molecule has 0 radical (unpaired) electrons. The topological polar surface area (TPSA) is 59.0 Å². The smallest absolute Gasteiger partial charge is 0.180 e. The molecule has 0 amide bonds. The Hall–Kier alpha value is -1.50. The standard InChI is InChI=1S/C14H18FNO4/c1-19-14-3-2-10(15)6-12(14)13(18)7-16-4-5-20-9-11(16)8-17/h2-3,6,11,17H,4-5,7-9H2,1H3. The molecule has 1 unspecified atom stereocenters. The van der Waals surface area contributed by atoms with E-state index in [2.05, 4.69) is 0 Å². The molecule has 1 atom stereocenters. The highest BCUT2D eigenvalue weighted by Crippen LogP contribution is 2.21. The van der Waals surface area contributed by atoms with Gasteiger partial charge in [0.25, 0.3) is 0 Å². The molecule has 5 nitrogen and oxygen atoms in total. The van der Waals surface area contributed by atoms with Crippen LogP contribution in [0.2, 0.25) is 0 Å². The summed E-state index contributed by atoms with van der Waals surface area (Å²) in [7, 11) is 1.44. The zero-order chi connectivity index (χ0) is 14.5. The second-order valence-corrected chi connectivity index (χ2v) is 4.65. The number of aliphatic hydroxyl groups is 1. The van der Waals surface area contributed by atoms with Crippen molar-refractivity contribution >= 4 is 5.78 Å². The second-order valence-electron chi connectivity index (χ2n) is 4.65. The molecule has 1 aliphatic heterocycles. The van der Waals surface area contributed by atoms with Crippen molar-refractivity contribution in [2.24, 2.45) is 0 Å². The average molecular weight is 283 g/mol. The SMILES string of the molecule is COc1ccc(F)cc1C(=O)CN1CCOCC1CO. The van der Waals surface area contributed by atoms with Gasteiger partial charge in [-0.05, 0) is 18.2 Å². The van der Waals surface area contributed by atoms with Crippen molar-refractivity contribution in [1.29, 1.82) is 0 Å². The third kappa shape index (κ3) is 3.33. The average Bonchev–Trinajstić information content (AvgIpc) is 2.47. The predicted molar refractivity (Wildman–Crippen MR) is 70.5 cm³/mol. The Kier molecular flexibility index (Phi) is 5.05. The quantitative estimate of drug-likeness (QED) is 0.807. The van der Waals surface area contributed by atoms with Gasteiger partial charge in [-0.25, -0.2) is 4.39 Å². The number of hydrogen-bond donors (Lipinski definition) is 1. The first-order valence-corrected chi connectivity index (χ1v) is 6.45. The predicted octanol–water partition coefficient (Wildman–Crippen LogP) is 0.710. The summed E-state index contributed by atoms with van der Waals surface area (Å²) in [4.78, 5) is 14.1. The van der Waals surface area contributed by atoms with E-state index in [1.807, 2.05) is 4.90 Å². The number of ketones is 1. The molecule has 1 aromatic rings. The number of morpholine rings is 1. The fourth-order valence-electron chi connectivity index (χ4n) is 2.23. The molecule has 2 rings (SSSR count). The lowest BCUT2D eigenvalue weighted by atomic mass is 10.1. The number of halogens is 1. The molecule has 110 valence electrons. The van der Waals surface area contributed by atoms with Crippen LogP contribution in [0.4, 0.5) is 4.39 Å². The van der Waals surface area contributed by atoms with Gasteiger partial charge in [-0.1, -0.05) is 0 Å². The second kappa shape index (κ2) is 6.78. The molecule has 1 aliphatic rings. The van der Waals surface area contributed by atoms with E-state index in [4.69, 9.17) is 9.47 Å². The van der Waals surface area contributed by atoms with Gasteiger partial charge in [0.2, 0.25) is 0 Å². The Morgan fingerprint density at radius 2 is 2.40 bits per heavy atom. The number of nitrogens with zero attached hydrogens (tertiary/aromatic N) is 1. The van der Waals surface area contributed by atoms with Crippen molar-refractivity contribution in [1.82, 2.24) is 4.90 Å². The van der Waals surface area contributed by atoms with Crippen LogP contribution in [0.1, 0.15) is 10.4 Å². The molecule has 0 aromatic heterocycles. The van der Waals surface area contributed by atoms with Crippen LogP contribution in [0.15, 0.2) is 18.2 Å². The molecule has 0 aliphatic carbocycles. The van der Waals surface area contributed by atoms with Gasteiger partial charge in [-0.15, -0.1) is 0 Å². The number of benzene rings is 1. The maximum absolute atomic E-state index is 13.3. The minimum Gasteiger partial charge on any atom is -0.496 e. The molecular formula is C14H18FNO4. The molecule has 1 saturated heterocycles. The Labute approximate surface area is 116 Å². The lowest BCUT2D eigenvalue weighted by Gasteiger charge is -2.33. The van der Waals surface area contributed by atoms with Gasteiger partial charge in [0, 0.05) is 6.54 Å². The minimum atomic E-state index is -0.477. The van der Waals surface area contributed by atoms with Crippen molar-refractivity contribution in [3.05, 3.63) is 29.6 Å². The highest BCUT2D eigenvalue weighted by Gasteiger charge is 2.25. The van der Waals surface area contributed by atoms with Gasteiger partial charge in [0.05, 0.1) is 45.1 Å². The zero-order valence-electron chi connectivity index (χ0n) is 11.3. The highest BCUT2D eigenvalue weighted by atomic mass is 19.1. The van der Waals surface area contributed by atoms with Crippen LogP contribution in [0.3, 0.4) is 0 Å². The number of rotatable bonds is 5. The lowest BCUT2D eigenvalue weighted by molar-refractivity contribution is -0.0240. The third-order valence-electron chi connectivity index (χ3n) is 3.37. The van der Waals surface area contributed by atoms with Crippen molar-refractivity contribution in [3.8, 4) is 5.75 Å². The molecular weight excluding hydrogens is 265 g/mol. The number of Topliss-reactive ketones (excluding diaryl/α,β-unsaturated/α-hetero) is 1. The normalized spacial score (nSPS) is 19.9. The number of methoxy groups -OCH3 is 1. The minimum absolute atomic E-state index is 0.0758. The van der Waals surface area contributed by atoms with E-state index < -0.39 is 5.82 Å². The number of carbonyl (C=O) groups excluding carboxylic acids is 1. The number of hydrogen-bond acceptors (Lipinski definition) is 5. The maximum atomic E-state index is 13.3. The monoisotopic (exact) mass is 283 g/mol. The summed E-state index contributed by atoms with van der Waals surface area (Å²) >= 11 is 0. The van der Waals surface area contributed by atoms with Gasteiger partial charge in [-0.3, -0.25) is 9.69 Å². The summed E-state index contributed by atoms with van der Waals surface area (Å²) in [5, 5.41) is 9.27. The van der Waals surface area contributed by atoms with Crippen LogP contribution >= 0.6 is 0 Å². The van der Waals surface area contributed by atoms with E-state index in [1.165, 1.54) is 25.3 Å². The molecule has 1 heterocycles. The van der Waals surface area contributed by atoms with Gasteiger partial charge < -0.3 is 14.6 Å². The third-order valence-corrected chi connectivity index (χ3v) is 3.37. The van der Waals surface area contributed by atoms with Crippen LogP contribution in [0.25, 0.3) is 0 Å². The van der Waals surface area contributed by atoms with Crippen LogP contribution in [0, 0.1) is 5.82 Å². The van der Waals surface area contributed by atoms with Gasteiger partial charge in [0.15, 0.2) is 5.78 Å². The Morgan fingerprint density at radius 1 is 1.60 bits per heavy atom. The highest BCUT2D eigenvalue weighted by molar-refractivity contribution is 6.00. The van der Waals surface area contributed by atoms with Crippen LogP contribution < -0.4 is 4.74 Å². The van der Waals surface area contributed by atoms with Crippen LogP contribution in [-0.4, -0.2) is 61.9 Å². The molecule has 1 aromatic carbocycles. The van der Waals surface area contributed by atoms with Gasteiger partial charge in [-0.2, -0.15) is 0 Å². The van der Waals surface area contributed by atoms with E-state index in [0.29, 0.717) is 25.5 Å². The first-order valence-electron chi connectivity index (χ1n) is 6.45.